The zero-order valence-electron chi connectivity index (χ0n) is 18.5. The largest absolute Gasteiger partial charge is 0.492 e. The van der Waals surface area contributed by atoms with Crippen molar-refractivity contribution in [1.82, 2.24) is 15.5 Å². The number of halogens is 1. The Bertz CT molecular complexity index is 604. The molecule has 0 atom stereocenters. The average molecular weight is 518 g/mol. The molecule has 1 fully saturated rings. The molecule has 0 spiro atoms. The van der Waals surface area contributed by atoms with Crippen molar-refractivity contribution in [1.29, 1.82) is 0 Å². The zero-order chi connectivity index (χ0) is 20.2. The van der Waals surface area contributed by atoms with Gasteiger partial charge in [0.2, 0.25) is 0 Å². The molecule has 29 heavy (non-hydrogen) atoms. The second kappa shape index (κ2) is 14.0. The lowest BCUT2D eigenvalue weighted by atomic mass is 9.83. The van der Waals surface area contributed by atoms with Crippen molar-refractivity contribution in [3.63, 3.8) is 0 Å². The van der Waals surface area contributed by atoms with Crippen molar-refractivity contribution >= 4 is 29.9 Å². The van der Waals surface area contributed by atoms with Gasteiger partial charge in [0.1, 0.15) is 12.4 Å². The smallest absolute Gasteiger partial charge is 0.191 e. The predicted molar refractivity (Wildman–Crippen MR) is 132 cm³/mol. The highest BCUT2D eigenvalue weighted by Gasteiger charge is 2.33. The molecule has 0 aromatic heterocycles. The van der Waals surface area contributed by atoms with Crippen molar-refractivity contribution in [2.45, 2.75) is 38.6 Å². The molecule has 0 aliphatic heterocycles. The van der Waals surface area contributed by atoms with Crippen molar-refractivity contribution in [2.24, 2.45) is 10.4 Å². The van der Waals surface area contributed by atoms with Gasteiger partial charge in [-0.25, -0.2) is 0 Å². The summed E-state index contributed by atoms with van der Waals surface area (Å²) in [6.07, 6.45) is 6.27. The van der Waals surface area contributed by atoms with Crippen LogP contribution < -0.4 is 15.4 Å². The predicted octanol–water partition coefficient (Wildman–Crippen LogP) is 3.51. The first-order valence-electron chi connectivity index (χ1n) is 10.4. The molecule has 0 saturated heterocycles. The van der Waals surface area contributed by atoms with E-state index in [0.717, 1.165) is 43.4 Å². The molecular formula is C22H39IN4O2. The maximum atomic E-state index is 5.96. The maximum absolute atomic E-state index is 5.96. The minimum atomic E-state index is 0. The van der Waals surface area contributed by atoms with E-state index in [9.17, 15) is 0 Å². The maximum Gasteiger partial charge on any atom is 0.191 e. The van der Waals surface area contributed by atoms with Gasteiger partial charge in [-0.05, 0) is 44.8 Å². The molecule has 1 saturated carbocycles. The number of para-hydroxylation sites is 1. The fourth-order valence-electron chi connectivity index (χ4n) is 3.76. The minimum Gasteiger partial charge on any atom is -0.492 e. The Morgan fingerprint density at radius 1 is 1.14 bits per heavy atom. The van der Waals surface area contributed by atoms with E-state index in [0.29, 0.717) is 18.6 Å². The number of aliphatic imine (C=N–C) groups is 1. The monoisotopic (exact) mass is 518 g/mol. The van der Waals surface area contributed by atoms with Crippen LogP contribution in [0.15, 0.2) is 29.3 Å². The summed E-state index contributed by atoms with van der Waals surface area (Å²) in [6, 6.07) is 8.19. The molecular weight excluding hydrogens is 479 g/mol. The SMILES string of the molecule is CN=C(NCc1ccccc1OCCN(C)C)NCC1(CCOC)CCCC1.I. The van der Waals surface area contributed by atoms with Crippen LogP contribution in [-0.4, -0.2) is 65.4 Å². The van der Waals surface area contributed by atoms with Gasteiger partial charge in [-0.2, -0.15) is 0 Å². The molecule has 0 amide bonds. The Kier molecular flexibility index (Phi) is 12.6. The van der Waals surface area contributed by atoms with Crippen LogP contribution in [0, 0.1) is 5.41 Å². The molecule has 2 N–H and O–H groups in total. The number of likely N-dealkylation sites (N-methyl/N-ethyl adjacent to an activating group) is 1. The molecule has 0 bridgehead atoms. The number of benzene rings is 1. The summed E-state index contributed by atoms with van der Waals surface area (Å²) in [5, 5.41) is 6.98. The van der Waals surface area contributed by atoms with E-state index in [1.165, 1.54) is 25.7 Å². The van der Waals surface area contributed by atoms with Crippen molar-refractivity contribution in [3.05, 3.63) is 29.8 Å². The van der Waals surface area contributed by atoms with Gasteiger partial charge in [-0.3, -0.25) is 4.99 Å². The molecule has 1 aliphatic carbocycles. The zero-order valence-corrected chi connectivity index (χ0v) is 20.8. The number of rotatable bonds is 11. The van der Waals surface area contributed by atoms with Gasteiger partial charge in [-0.1, -0.05) is 31.0 Å². The van der Waals surface area contributed by atoms with Crippen molar-refractivity contribution < 1.29 is 9.47 Å². The Balaban J connectivity index is 0.00000420. The summed E-state index contributed by atoms with van der Waals surface area (Å²) < 4.78 is 11.3. The summed E-state index contributed by atoms with van der Waals surface area (Å²) >= 11 is 0. The van der Waals surface area contributed by atoms with Gasteiger partial charge in [0.25, 0.3) is 0 Å². The highest BCUT2D eigenvalue weighted by atomic mass is 127. The summed E-state index contributed by atoms with van der Waals surface area (Å²) in [6.45, 7) is 4.03. The molecule has 1 aliphatic rings. The van der Waals surface area contributed by atoms with E-state index >= 15 is 0 Å². The third-order valence-electron chi connectivity index (χ3n) is 5.57. The van der Waals surface area contributed by atoms with Crippen LogP contribution in [0.3, 0.4) is 0 Å². The Hall–Kier alpha value is -1.06. The average Bonchev–Trinajstić information content (AvgIpc) is 3.16. The summed E-state index contributed by atoms with van der Waals surface area (Å²) in [5.74, 6) is 1.77. The van der Waals surface area contributed by atoms with Gasteiger partial charge in [0.05, 0.1) is 0 Å². The molecule has 7 heteroatoms. The first-order valence-corrected chi connectivity index (χ1v) is 10.4. The van der Waals surface area contributed by atoms with E-state index in [2.05, 4.69) is 40.7 Å². The number of nitrogens with one attached hydrogen (secondary N) is 2. The van der Waals surface area contributed by atoms with E-state index < -0.39 is 0 Å². The molecule has 6 nitrogen and oxygen atoms in total. The molecule has 1 aromatic rings. The van der Waals surface area contributed by atoms with Crippen molar-refractivity contribution in [3.8, 4) is 5.75 Å². The number of nitrogens with zero attached hydrogens (tertiary/aromatic N) is 2. The van der Waals surface area contributed by atoms with Crippen LogP contribution in [0.25, 0.3) is 0 Å². The second-order valence-corrected chi connectivity index (χ2v) is 7.99. The van der Waals surface area contributed by atoms with Crippen LogP contribution in [0.2, 0.25) is 0 Å². The standard InChI is InChI=1S/C22H38N4O2.HI/c1-23-21(25-18-22(13-15-27-4)11-7-8-12-22)24-17-19-9-5-6-10-20(19)28-16-14-26(2)3;/h5-6,9-10H,7-8,11-18H2,1-4H3,(H2,23,24,25);1H. The highest BCUT2D eigenvalue weighted by Crippen LogP contribution is 2.40. The lowest BCUT2D eigenvalue weighted by Crippen LogP contribution is -2.43. The lowest BCUT2D eigenvalue weighted by molar-refractivity contribution is 0.138. The van der Waals surface area contributed by atoms with Crippen LogP contribution in [0.5, 0.6) is 5.75 Å². The summed E-state index contributed by atoms with van der Waals surface area (Å²) in [7, 11) is 7.71. The van der Waals surface area contributed by atoms with E-state index in [4.69, 9.17) is 9.47 Å². The molecule has 0 heterocycles. The number of guanidine groups is 1. The fraction of sp³-hybridized carbons (Fsp3) is 0.682. The summed E-state index contributed by atoms with van der Waals surface area (Å²) in [4.78, 5) is 6.53. The summed E-state index contributed by atoms with van der Waals surface area (Å²) in [5.41, 5.74) is 1.47. The fourth-order valence-corrected chi connectivity index (χ4v) is 3.76. The van der Waals surface area contributed by atoms with Crippen LogP contribution in [-0.2, 0) is 11.3 Å². The lowest BCUT2D eigenvalue weighted by Gasteiger charge is -2.30. The van der Waals surface area contributed by atoms with Gasteiger partial charge < -0.3 is 25.0 Å². The quantitative estimate of drug-likeness (QED) is 0.267. The van der Waals surface area contributed by atoms with Crippen molar-refractivity contribution in [2.75, 3.05) is 54.6 Å². The van der Waals surface area contributed by atoms with Gasteiger partial charge in [0.15, 0.2) is 5.96 Å². The van der Waals surface area contributed by atoms with E-state index in [1.807, 2.05) is 25.2 Å². The highest BCUT2D eigenvalue weighted by molar-refractivity contribution is 14.0. The number of hydrogen-bond acceptors (Lipinski definition) is 4. The Morgan fingerprint density at radius 2 is 1.86 bits per heavy atom. The second-order valence-electron chi connectivity index (χ2n) is 7.99. The van der Waals surface area contributed by atoms with E-state index in [1.54, 1.807) is 7.11 Å². The first-order chi connectivity index (χ1) is 13.6. The third-order valence-corrected chi connectivity index (χ3v) is 5.57. The molecule has 166 valence electrons. The van der Waals surface area contributed by atoms with Crippen LogP contribution in [0.4, 0.5) is 0 Å². The van der Waals surface area contributed by atoms with Crippen LogP contribution >= 0.6 is 24.0 Å². The first kappa shape index (κ1) is 26.0. The molecule has 0 radical (unpaired) electrons. The number of methoxy groups -OCH3 is 1. The van der Waals surface area contributed by atoms with Gasteiger partial charge in [0, 0.05) is 46.0 Å². The molecule has 2 rings (SSSR count). The number of ether oxygens (including phenoxy) is 2. The minimum absolute atomic E-state index is 0. The van der Waals surface area contributed by atoms with Gasteiger partial charge >= 0.3 is 0 Å². The topological polar surface area (TPSA) is 58.1 Å². The van der Waals surface area contributed by atoms with E-state index in [-0.39, 0.29) is 24.0 Å². The normalized spacial score (nSPS) is 15.8. The molecule has 0 unspecified atom stereocenters. The Labute approximate surface area is 193 Å². The third kappa shape index (κ3) is 9.09. The van der Waals surface area contributed by atoms with Crippen LogP contribution in [0.1, 0.15) is 37.7 Å². The Morgan fingerprint density at radius 3 is 2.52 bits per heavy atom. The van der Waals surface area contributed by atoms with Gasteiger partial charge in [-0.15, -0.1) is 24.0 Å². The number of hydrogen-bond donors (Lipinski definition) is 2. The molecule has 1 aromatic carbocycles.